The molecule has 0 aliphatic rings. The number of hydrogen-bond acceptors (Lipinski definition) is 3. The maximum absolute atomic E-state index is 13.1. The van der Waals surface area contributed by atoms with E-state index in [2.05, 4.69) is 0 Å². The fourth-order valence-electron chi connectivity index (χ4n) is 2.31. The summed E-state index contributed by atoms with van der Waals surface area (Å²) >= 11 is 0. The fraction of sp³-hybridized carbons (Fsp3) is 0.278. The van der Waals surface area contributed by atoms with Gasteiger partial charge in [0, 0.05) is 13.6 Å². The number of sulfonamides is 1. The van der Waals surface area contributed by atoms with Gasteiger partial charge in [-0.15, -0.1) is 0 Å². The Morgan fingerprint density at radius 1 is 1.04 bits per heavy atom. The molecular weight excluding hydrogens is 343 g/mol. The third-order valence-corrected chi connectivity index (χ3v) is 4.90. The van der Waals surface area contributed by atoms with Crippen LogP contribution in [0.2, 0.25) is 0 Å². The predicted molar refractivity (Wildman–Crippen MR) is 96.2 cm³/mol. The molecule has 0 unspecified atom stereocenters. The number of aryl methyl sites for hydroxylation is 1. The van der Waals surface area contributed by atoms with Crippen LogP contribution in [0.4, 0.5) is 10.1 Å². The Bertz CT molecular complexity index is 834. The van der Waals surface area contributed by atoms with Gasteiger partial charge in [0.1, 0.15) is 12.4 Å². The zero-order valence-corrected chi connectivity index (χ0v) is 15.3. The first kappa shape index (κ1) is 18.9. The van der Waals surface area contributed by atoms with E-state index in [4.69, 9.17) is 0 Å². The highest BCUT2D eigenvalue weighted by Gasteiger charge is 2.22. The number of carbonyl (C=O) groups is 1. The molecule has 5 nitrogen and oxygen atoms in total. The van der Waals surface area contributed by atoms with Crippen LogP contribution < -0.4 is 4.31 Å². The second-order valence-electron chi connectivity index (χ2n) is 5.98. The van der Waals surface area contributed by atoms with Crippen LogP contribution >= 0.6 is 0 Å². The van der Waals surface area contributed by atoms with Crippen molar-refractivity contribution in [2.24, 2.45) is 0 Å². The molecule has 0 aliphatic carbocycles. The SMILES string of the molecule is Cc1ccc(CN(C)C(=O)CN(c2ccc(F)cc2)S(C)(=O)=O)cc1. The Morgan fingerprint density at radius 2 is 1.60 bits per heavy atom. The summed E-state index contributed by atoms with van der Waals surface area (Å²) < 4.78 is 38.1. The number of carbonyl (C=O) groups excluding carboxylic acids is 1. The number of hydrogen-bond donors (Lipinski definition) is 0. The van der Waals surface area contributed by atoms with Crippen molar-refractivity contribution in [3.8, 4) is 0 Å². The first-order valence-electron chi connectivity index (χ1n) is 7.69. The van der Waals surface area contributed by atoms with Crippen molar-refractivity contribution in [3.63, 3.8) is 0 Å². The molecule has 0 aromatic heterocycles. The molecule has 1 amide bonds. The van der Waals surface area contributed by atoms with Crippen LogP contribution in [0.1, 0.15) is 11.1 Å². The van der Waals surface area contributed by atoms with Gasteiger partial charge in [-0.2, -0.15) is 0 Å². The van der Waals surface area contributed by atoms with Gasteiger partial charge in [0.05, 0.1) is 11.9 Å². The van der Waals surface area contributed by atoms with Crippen molar-refractivity contribution in [2.45, 2.75) is 13.5 Å². The Kier molecular flexibility index (Phi) is 5.79. The van der Waals surface area contributed by atoms with Gasteiger partial charge >= 0.3 is 0 Å². The summed E-state index contributed by atoms with van der Waals surface area (Å²) in [4.78, 5) is 13.9. The first-order valence-corrected chi connectivity index (χ1v) is 9.54. The summed E-state index contributed by atoms with van der Waals surface area (Å²) in [6, 6.07) is 12.8. The number of amides is 1. The Balaban J connectivity index is 2.13. The molecule has 0 saturated heterocycles. The molecule has 0 spiro atoms. The maximum Gasteiger partial charge on any atom is 0.243 e. The Morgan fingerprint density at radius 3 is 2.12 bits per heavy atom. The van der Waals surface area contributed by atoms with Crippen molar-refractivity contribution in [3.05, 3.63) is 65.5 Å². The lowest BCUT2D eigenvalue weighted by atomic mass is 10.1. The maximum atomic E-state index is 13.1. The average molecular weight is 364 g/mol. The molecule has 0 fully saturated rings. The Labute approximate surface area is 147 Å². The molecule has 0 saturated carbocycles. The normalized spacial score (nSPS) is 11.2. The van der Waals surface area contributed by atoms with Gasteiger partial charge in [-0.3, -0.25) is 9.10 Å². The van der Waals surface area contributed by atoms with Crippen LogP contribution in [0.25, 0.3) is 0 Å². The molecule has 134 valence electrons. The van der Waals surface area contributed by atoms with E-state index in [1.165, 1.54) is 17.0 Å². The lowest BCUT2D eigenvalue weighted by molar-refractivity contribution is -0.128. The minimum absolute atomic E-state index is 0.251. The van der Waals surface area contributed by atoms with Gasteiger partial charge in [0.25, 0.3) is 0 Å². The second kappa shape index (κ2) is 7.65. The van der Waals surface area contributed by atoms with E-state index in [1.54, 1.807) is 7.05 Å². The van der Waals surface area contributed by atoms with Crippen LogP contribution in [0.15, 0.2) is 48.5 Å². The van der Waals surface area contributed by atoms with Crippen LogP contribution in [0.3, 0.4) is 0 Å². The van der Waals surface area contributed by atoms with Crippen LogP contribution in [0, 0.1) is 12.7 Å². The van der Waals surface area contributed by atoms with Gasteiger partial charge < -0.3 is 4.90 Å². The van der Waals surface area contributed by atoms with Gasteiger partial charge in [0.2, 0.25) is 15.9 Å². The molecule has 2 aromatic carbocycles. The Hall–Kier alpha value is -2.41. The second-order valence-corrected chi connectivity index (χ2v) is 7.89. The smallest absolute Gasteiger partial charge is 0.243 e. The summed E-state index contributed by atoms with van der Waals surface area (Å²) in [7, 11) is -2.06. The highest BCUT2D eigenvalue weighted by atomic mass is 32.2. The van der Waals surface area contributed by atoms with E-state index in [0.717, 1.165) is 33.8 Å². The molecule has 0 atom stereocenters. The average Bonchev–Trinajstić information content (AvgIpc) is 2.54. The monoisotopic (exact) mass is 364 g/mol. The summed E-state index contributed by atoms with van der Waals surface area (Å²) in [5.41, 5.74) is 2.33. The highest BCUT2D eigenvalue weighted by Crippen LogP contribution is 2.18. The largest absolute Gasteiger partial charge is 0.340 e. The zero-order valence-electron chi connectivity index (χ0n) is 14.4. The molecule has 2 rings (SSSR count). The van der Waals surface area contributed by atoms with Gasteiger partial charge in [-0.1, -0.05) is 29.8 Å². The third kappa shape index (κ3) is 5.29. The molecule has 7 heteroatoms. The minimum atomic E-state index is -3.67. The van der Waals surface area contributed by atoms with E-state index < -0.39 is 15.8 Å². The quantitative estimate of drug-likeness (QED) is 0.792. The zero-order chi connectivity index (χ0) is 18.6. The standard InChI is InChI=1S/C18H21FN2O3S/c1-14-4-6-15(7-5-14)12-20(2)18(22)13-21(25(3,23)24)17-10-8-16(19)9-11-17/h4-11H,12-13H2,1-3H3. The van der Waals surface area contributed by atoms with E-state index in [0.29, 0.717) is 6.54 Å². The lowest BCUT2D eigenvalue weighted by Gasteiger charge is -2.25. The van der Waals surface area contributed by atoms with E-state index in [-0.39, 0.29) is 18.1 Å². The van der Waals surface area contributed by atoms with Crippen molar-refractivity contribution in [1.29, 1.82) is 0 Å². The molecule has 0 aliphatic heterocycles. The number of nitrogens with zero attached hydrogens (tertiary/aromatic N) is 2. The van der Waals surface area contributed by atoms with Gasteiger partial charge in [-0.25, -0.2) is 12.8 Å². The van der Waals surface area contributed by atoms with Gasteiger partial charge in [0.15, 0.2) is 0 Å². The molecular formula is C18H21FN2O3S. The number of halogens is 1. The molecule has 0 N–H and O–H groups in total. The van der Waals surface area contributed by atoms with E-state index >= 15 is 0 Å². The number of likely N-dealkylation sites (N-methyl/N-ethyl adjacent to an activating group) is 1. The fourth-order valence-corrected chi connectivity index (χ4v) is 3.16. The first-order chi connectivity index (χ1) is 11.7. The van der Waals surface area contributed by atoms with Crippen LogP contribution in [-0.2, 0) is 21.4 Å². The van der Waals surface area contributed by atoms with Crippen LogP contribution in [-0.4, -0.2) is 39.1 Å². The summed E-state index contributed by atoms with van der Waals surface area (Å²) in [6.45, 7) is 2.01. The highest BCUT2D eigenvalue weighted by molar-refractivity contribution is 7.92. The molecule has 0 bridgehead atoms. The lowest BCUT2D eigenvalue weighted by Crippen LogP contribution is -2.41. The molecule has 0 radical (unpaired) electrons. The number of rotatable bonds is 6. The van der Waals surface area contributed by atoms with Crippen molar-refractivity contribution < 1.29 is 17.6 Å². The molecule has 25 heavy (non-hydrogen) atoms. The van der Waals surface area contributed by atoms with E-state index in [1.807, 2.05) is 31.2 Å². The third-order valence-electron chi connectivity index (χ3n) is 3.76. The van der Waals surface area contributed by atoms with Crippen molar-refractivity contribution >= 4 is 21.6 Å². The summed E-state index contributed by atoms with van der Waals surface area (Å²) in [5, 5.41) is 0. The molecule has 2 aromatic rings. The summed E-state index contributed by atoms with van der Waals surface area (Å²) in [6.07, 6.45) is 1.02. The predicted octanol–water partition coefficient (Wildman–Crippen LogP) is 2.56. The van der Waals surface area contributed by atoms with Crippen molar-refractivity contribution in [1.82, 2.24) is 4.90 Å². The molecule has 0 heterocycles. The van der Waals surface area contributed by atoms with E-state index in [9.17, 15) is 17.6 Å². The van der Waals surface area contributed by atoms with Gasteiger partial charge in [-0.05, 0) is 36.8 Å². The number of anilines is 1. The summed E-state index contributed by atoms with van der Waals surface area (Å²) in [5.74, 6) is -0.824. The topological polar surface area (TPSA) is 57.7 Å². The minimum Gasteiger partial charge on any atom is -0.340 e. The van der Waals surface area contributed by atoms with Crippen molar-refractivity contribution in [2.75, 3.05) is 24.2 Å². The number of benzene rings is 2. The van der Waals surface area contributed by atoms with Crippen LogP contribution in [0.5, 0.6) is 0 Å².